The molecule has 4 saturated heterocycles. The Morgan fingerprint density at radius 3 is 2.52 bits per heavy atom. The molecule has 1 aliphatic carbocycles. The Morgan fingerprint density at radius 2 is 1.77 bits per heavy atom. The quantitative estimate of drug-likeness (QED) is 0.159. The molecule has 7 heterocycles. The number of hydrogen-bond acceptors (Lipinski definition) is 11. The van der Waals surface area contributed by atoms with Gasteiger partial charge in [-0.2, -0.15) is 0 Å². The number of rotatable bonds is 10. The maximum Gasteiger partial charge on any atom is 0.320 e. The highest BCUT2D eigenvalue weighted by molar-refractivity contribution is 6.09. The van der Waals surface area contributed by atoms with Crippen molar-refractivity contribution in [3.63, 3.8) is 0 Å². The number of likely N-dealkylation sites (tertiary alicyclic amines) is 1. The number of urea groups is 1. The van der Waals surface area contributed by atoms with E-state index in [1.165, 1.54) is 5.56 Å². The minimum Gasteiger partial charge on any atom is -0.364 e. The lowest BCUT2D eigenvalue weighted by atomic mass is 9.79. The molecule has 0 spiro atoms. The smallest absolute Gasteiger partial charge is 0.320 e. The number of nitrogens with one attached hydrogen (secondary N) is 2. The minimum atomic E-state index is -0.645. The van der Waals surface area contributed by atoms with E-state index in [2.05, 4.69) is 65.6 Å². The summed E-state index contributed by atoms with van der Waals surface area (Å²) in [6.07, 6.45) is 10.8. The van der Waals surface area contributed by atoms with Gasteiger partial charge in [-0.05, 0) is 106 Å². The molecule has 2 atom stereocenters. The second-order valence-corrected chi connectivity index (χ2v) is 17.4. The van der Waals surface area contributed by atoms with Gasteiger partial charge in [-0.3, -0.25) is 19.7 Å². The summed E-state index contributed by atoms with van der Waals surface area (Å²) < 4.78 is 8.02. The van der Waals surface area contributed by atoms with Gasteiger partial charge in [0.2, 0.25) is 11.8 Å². The van der Waals surface area contributed by atoms with E-state index >= 15 is 0 Å². The highest BCUT2D eigenvalue weighted by Gasteiger charge is 2.37. The van der Waals surface area contributed by atoms with Crippen LogP contribution in [0.1, 0.15) is 91.0 Å². The lowest BCUT2D eigenvalue weighted by Gasteiger charge is -2.41. The van der Waals surface area contributed by atoms with Crippen molar-refractivity contribution in [2.45, 2.75) is 75.3 Å². The van der Waals surface area contributed by atoms with E-state index in [4.69, 9.17) is 15.2 Å². The van der Waals surface area contributed by atoms with E-state index in [0.717, 1.165) is 99.8 Å². The molecule has 5 fully saturated rings. The van der Waals surface area contributed by atoms with Crippen LogP contribution in [0.25, 0.3) is 21.9 Å². The first-order valence-electron chi connectivity index (χ1n) is 21.4. The van der Waals surface area contributed by atoms with Crippen molar-refractivity contribution in [1.82, 2.24) is 39.7 Å². The molecular formula is C44H51N11O5. The van der Waals surface area contributed by atoms with Crippen molar-refractivity contribution in [3.8, 4) is 0 Å². The molecule has 10 rings (SSSR count). The number of hydrogen-bond donors (Lipinski definition) is 3. The van der Waals surface area contributed by atoms with E-state index in [0.29, 0.717) is 60.2 Å². The van der Waals surface area contributed by atoms with Crippen LogP contribution in [0.15, 0.2) is 59.4 Å². The Hall–Kier alpha value is -6.03. The summed E-state index contributed by atoms with van der Waals surface area (Å²) in [4.78, 5) is 67.3. The van der Waals surface area contributed by atoms with Crippen molar-refractivity contribution in [2.75, 3.05) is 63.1 Å². The third-order valence-corrected chi connectivity index (χ3v) is 13.7. The number of benzene rings is 2. The molecule has 0 radical (unpaired) electrons. The molecular weight excluding hydrogens is 763 g/mol. The molecule has 60 heavy (non-hydrogen) atoms. The summed E-state index contributed by atoms with van der Waals surface area (Å²) in [5.74, 6) is 0.424. The number of carbonyl (C=O) groups excluding carboxylic acids is 4. The number of primary amides is 1. The summed E-state index contributed by atoms with van der Waals surface area (Å²) in [5, 5.41) is 12.0. The van der Waals surface area contributed by atoms with Gasteiger partial charge in [0.1, 0.15) is 11.5 Å². The summed E-state index contributed by atoms with van der Waals surface area (Å²) in [6.45, 7) is 6.16. The van der Waals surface area contributed by atoms with Crippen molar-refractivity contribution in [1.29, 1.82) is 0 Å². The lowest BCUT2D eigenvalue weighted by molar-refractivity contribution is -0.134. The fourth-order valence-electron chi connectivity index (χ4n) is 10.3. The van der Waals surface area contributed by atoms with Crippen LogP contribution in [0, 0.1) is 5.92 Å². The number of imide groups is 1. The van der Waals surface area contributed by atoms with Gasteiger partial charge in [-0.25, -0.2) is 14.8 Å². The van der Waals surface area contributed by atoms with E-state index in [1.54, 1.807) is 11.1 Å². The van der Waals surface area contributed by atoms with Crippen LogP contribution in [0.3, 0.4) is 0 Å². The van der Waals surface area contributed by atoms with Gasteiger partial charge < -0.3 is 39.7 Å². The lowest BCUT2D eigenvalue weighted by Crippen LogP contribution is -2.49. The first-order valence-corrected chi connectivity index (χ1v) is 21.4. The van der Waals surface area contributed by atoms with Crippen molar-refractivity contribution in [3.05, 3.63) is 71.8 Å². The van der Waals surface area contributed by atoms with Crippen molar-refractivity contribution >= 4 is 62.9 Å². The number of nitrogens with zero attached hydrogens (tertiary/aromatic N) is 8. The highest BCUT2D eigenvalue weighted by Crippen LogP contribution is 2.43. The second kappa shape index (κ2) is 15.5. The zero-order valence-corrected chi connectivity index (χ0v) is 33.9. The van der Waals surface area contributed by atoms with Crippen LogP contribution in [0.4, 0.5) is 22.1 Å². The second-order valence-electron chi connectivity index (χ2n) is 17.4. The van der Waals surface area contributed by atoms with E-state index in [9.17, 15) is 19.2 Å². The van der Waals surface area contributed by atoms with Gasteiger partial charge in [0, 0.05) is 75.0 Å². The molecule has 4 aliphatic heterocycles. The summed E-state index contributed by atoms with van der Waals surface area (Å²) >= 11 is 0. The molecule has 2 aromatic carbocycles. The van der Waals surface area contributed by atoms with E-state index in [1.807, 2.05) is 30.1 Å². The summed E-state index contributed by atoms with van der Waals surface area (Å²) in [6, 6.07) is 15.2. The van der Waals surface area contributed by atoms with Crippen molar-refractivity contribution in [2.24, 2.45) is 11.7 Å². The Morgan fingerprint density at radius 1 is 0.950 bits per heavy atom. The van der Waals surface area contributed by atoms with Gasteiger partial charge in [0.15, 0.2) is 17.1 Å². The van der Waals surface area contributed by atoms with Gasteiger partial charge >= 0.3 is 6.03 Å². The number of fused-ring (bicyclic) bond motifs is 3. The van der Waals surface area contributed by atoms with Crippen LogP contribution in [-0.4, -0.2) is 117 Å². The molecule has 4 N–H and O–H groups in total. The Balaban J connectivity index is 0.731. The largest absolute Gasteiger partial charge is 0.364 e. The van der Waals surface area contributed by atoms with Crippen LogP contribution in [0.2, 0.25) is 0 Å². The zero-order chi connectivity index (χ0) is 41.1. The first-order chi connectivity index (χ1) is 29.2. The Kier molecular flexibility index (Phi) is 9.89. The van der Waals surface area contributed by atoms with Gasteiger partial charge in [-0.1, -0.05) is 17.3 Å². The number of piperidine rings is 3. The zero-order valence-electron chi connectivity index (χ0n) is 33.9. The molecule has 16 heteroatoms. The molecule has 312 valence electrons. The van der Waals surface area contributed by atoms with E-state index in [-0.39, 0.29) is 29.6 Å². The Labute approximate surface area is 347 Å². The molecule has 5 amide bonds. The number of aromatic nitrogens is 4. The highest BCUT2D eigenvalue weighted by atomic mass is 16.5. The number of amides is 5. The molecule has 1 unspecified atom stereocenters. The molecule has 5 aromatic rings. The third kappa shape index (κ3) is 7.09. The minimum absolute atomic E-state index is 0.0709. The summed E-state index contributed by atoms with van der Waals surface area (Å²) in [5.41, 5.74) is 10.3. The summed E-state index contributed by atoms with van der Waals surface area (Å²) in [7, 11) is 1.84. The SMILES string of the molecule is CN1CCN([C@@H]2CCCN(c3cnc(C(N)=O)c(Nc4ccc(C5CCN(CC6CC(n7ccc8c9c(C%10CCC(=O)NC%10=O)noc9ccc87)C6)CC5)cc4)n3)C2)C1=O. The monoisotopic (exact) mass is 813 g/mol. The van der Waals surface area contributed by atoms with Crippen LogP contribution >= 0.6 is 0 Å². The number of likely N-dealkylation sites (N-methyl/N-ethyl adjacent to an activating group) is 1. The number of nitrogens with two attached hydrogens (primary N) is 1. The van der Waals surface area contributed by atoms with Gasteiger partial charge in [-0.15, -0.1) is 0 Å². The first kappa shape index (κ1) is 38.2. The normalized spacial score (nSPS) is 24.4. The van der Waals surface area contributed by atoms with Crippen LogP contribution < -0.4 is 21.3 Å². The maximum absolute atomic E-state index is 12.7. The average molecular weight is 814 g/mol. The van der Waals surface area contributed by atoms with Gasteiger partial charge in [0.25, 0.3) is 5.91 Å². The maximum atomic E-state index is 12.7. The third-order valence-electron chi connectivity index (χ3n) is 13.7. The molecule has 3 aromatic heterocycles. The van der Waals surface area contributed by atoms with Crippen molar-refractivity contribution < 1.29 is 23.7 Å². The molecule has 0 bridgehead atoms. The van der Waals surface area contributed by atoms with Gasteiger partial charge in [0.05, 0.1) is 23.5 Å². The van der Waals surface area contributed by atoms with Crippen LogP contribution in [0.5, 0.6) is 0 Å². The van der Waals surface area contributed by atoms with Crippen LogP contribution in [-0.2, 0) is 9.59 Å². The standard InChI is InChI=1S/C44H51N11O5/c1-51-19-20-55(44(51)59)30-3-2-15-53(25-30)36-23-46-40(41(45)57)42(48-36)47-29-6-4-27(5-7-29)28-12-16-52(17-13-28)24-26-21-31(22-26)54-18-14-32-34(54)9-10-35-38(32)39(50-60-35)33-8-11-37(56)49-43(33)58/h4-7,9-10,14,18,23,26,28,30-31,33H,2-3,8,11-13,15-17,19-22,24-25H2,1H3,(H2,45,57)(H,47,48)(H,49,56,58)/t26?,30-,31?,33?/m1/s1. The molecule has 5 aliphatic rings. The topological polar surface area (TPSA) is 188 Å². The van der Waals surface area contributed by atoms with E-state index < -0.39 is 11.8 Å². The molecule has 1 saturated carbocycles. The average Bonchev–Trinajstić information content (AvgIpc) is 3.96. The molecule has 16 nitrogen and oxygen atoms in total. The predicted molar refractivity (Wildman–Crippen MR) is 225 cm³/mol. The fraction of sp³-hybridized carbons (Fsp3) is 0.477. The Bertz CT molecular complexity index is 2470. The number of carbonyl (C=O) groups is 4. The number of anilines is 3. The predicted octanol–water partition coefficient (Wildman–Crippen LogP) is 5.10. The fourth-order valence-corrected chi connectivity index (χ4v) is 10.3.